The minimum atomic E-state index is -1.03. The maximum atomic E-state index is 14.8. The van der Waals surface area contributed by atoms with Gasteiger partial charge in [-0.15, -0.1) is 0 Å². The second-order valence-electron chi connectivity index (χ2n) is 7.34. The third kappa shape index (κ3) is 3.91. The number of aldehydes is 1. The fourth-order valence-corrected chi connectivity index (χ4v) is 3.79. The Morgan fingerprint density at radius 3 is 2.75 bits per heavy atom. The van der Waals surface area contributed by atoms with Gasteiger partial charge in [0.2, 0.25) is 5.82 Å². The number of halogens is 2. The summed E-state index contributed by atoms with van der Waals surface area (Å²) in [5.74, 6) is -2.16. The molecule has 0 saturated heterocycles. The summed E-state index contributed by atoms with van der Waals surface area (Å²) in [4.78, 5) is 15.8. The third-order valence-electron chi connectivity index (χ3n) is 5.47. The van der Waals surface area contributed by atoms with Crippen molar-refractivity contribution in [1.29, 1.82) is 0 Å². The monoisotopic (exact) mass is 432 g/mol. The summed E-state index contributed by atoms with van der Waals surface area (Å²) in [7, 11) is 1.30. The molecule has 0 saturated carbocycles. The number of hydrogen-bond acceptors (Lipinski definition) is 4. The zero-order valence-electron chi connectivity index (χ0n) is 17.8. The van der Waals surface area contributed by atoms with E-state index in [0.717, 1.165) is 29.7 Å². The number of benzene rings is 2. The summed E-state index contributed by atoms with van der Waals surface area (Å²) in [6, 6.07) is 8.45. The van der Waals surface area contributed by atoms with Crippen molar-refractivity contribution in [1.82, 2.24) is 0 Å². The number of allylic oxidation sites excluding steroid dienone is 6. The lowest BCUT2D eigenvalue weighted by Gasteiger charge is -2.17. The van der Waals surface area contributed by atoms with Crippen LogP contribution in [0.1, 0.15) is 34.8 Å². The summed E-state index contributed by atoms with van der Waals surface area (Å²) in [6.45, 7) is 1.99. The Hall–Kier alpha value is -3.80. The number of rotatable bonds is 6. The van der Waals surface area contributed by atoms with Gasteiger partial charge in [0.15, 0.2) is 11.6 Å². The molecule has 1 heterocycles. The van der Waals surface area contributed by atoms with Gasteiger partial charge in [0, 0.05) is 34.2 Å². The molecule has 2 aromatic rings. The van der Waals surface area contributed by atoms with Crippen LogP contribution >= 0.6 is 0 Å². The molecule has 1 aliphatic carbocycles. The molecule has 0 atom stereocenters. The molecule has 2 aromatic carbocycles. The number of nitrogens with zero attached hydrogens (tertiary/aromatic N) is 1. The highest BCUT2D eigenvalue weighted by Gasteiger charge is 2.26. The zero-order valence-corrected chi connectivity index (χ0v) is 17.8. The van der Waals surface area contributed by atoms with E-state index in [9.17, 15) is 13.6 Å². The van der Waals surface area contributed by atoms with Crippen LogP contribution in [-0.4, -0.2) is 19.1 Å². The summed E-state index contributed by atoms with van der Waals surface area (Å²) in [6.07, 6.45) is 11.5. The Bertz CT molecular complexity index is 1240. The van der Waals surface area contributed by atoms with E-state index in [-0.39, 0.29) is 11.3 Å². The van der Waals surface area contributed by atoms with Gasteiger partial charge in [-0.1, -0.05) is 31.2 Å². The molecule has 32 heavy (non-hydrogen) atoms. The van der Waals surface area contributed by atoms with Crippen molar-refractivity contribution in [2.45, 2.75) is 19.8 Å². The van der Waals surface area contributed by atoms with Gasteiger partial charge in [0.1, 0.15) is 6.29 Å². The summed E-state index contributed by atoms with van der Waals surface area (Å²) in [5.41, 5.74) is 5.10. The molecule has 6 heteroatoms. The lowest BCUT2D eigenvalue weighted by molar-refractivity contribution is 0.112. The highest BCUT2D eigenvalue weighted by atomic mass is 19.2. The maximum absolute atomic E-state index is 14.8. The summed E-state index contributed by atoms with van der Waals surface area (Å²) in [5, 5.41) is 3.38. The van der Waals surface area contributed by atoms with Crippen LogP contribution in [0, 0.1) is 11.6 Å². The van der Waals surface area contributed by atoms with Gasteiger partial charge >= 0.3 is 0 Å². The number of hydrogen-bond donors (Lipinski definition) is 1. The first kappa shape index (κ1) is 21.4. The van der Waals surface area contributed by atoms with Crippen LogP contribution in [0.25, 0.3) is 5.57 Å². The number of ether oxygens (including phenoxy) is 1. The standard InChI is InChI=1S/C26H22F2N2O2/c1-3-16-13-18(10-9-17(16)15-31)30-22-8-6-4-5-7-20-21(14-29-26(20)22)19-11-12-23(32-2)25(28)24(19)27/h4-5,7-15,30H,3,6H2,1-2H3/b5-4-,20-7-,22-8-. The lowest BCUT2D eigenvalue weighted by atomic mass is 9.93. The van der Waals surface area contributed by atoms with Gasteiger partial charge in [-0.25, -0.2) is 4.39 Å². The fraction of sp³-hybridized carbons (Fsp3) is 0.154. The molecule has 1 aliphatic heterocycles. The van der Waals surface area contributed by atoms with Crippen molar-refractivity contribution in [3.8, 4) is 5.75 Å². The molecule has 0 aromatic heterocycles. The number of carbonyl (C=O) groups is 1. The largest absolute Gasteiger partial charge is 0.494 e. The summed E-state index contributed by atoms with van der Waals surface area (Å²) >= 11 is 0. The number of carbonyl (C=O) groups excluding carboxylic acids is 1. The van der Waals surface area contributed by atoms with Gasteiger partial charge in [-0.3, -0.25) is 9.79 Å². The Morgan fingerprint density at radius 1 is 1.16 bits per heavy atom. The van der Waals surface area contributed by atoms with Crippen LogP contribution in [0.15, 0.2) is 77.1 Å². The molecule has 0 bridgehead atoms. The van der Waals surface area contributed by atoms with Crippen LogP contribution in [0.5, 0.6) is 5.75 Å². The molecule has 4 rings (SSSR count). The fourth-order valence-electron chi connectivity index (χ4n) is 3.79. The van der Waals surface area contributed by atoms with E-state index in [1.807, 2.05) is 43.4 Å². The van der Waals surface area contributed by atoms with E-state index in [4.69, 9.17) is 4.74 Å². The lowest BCUT2D eigenvalue weighted by Crippen LogP contribution is -2.14. The molecule has 162 valence electrons. The first-order valence-electron chi connectivity index (χ1n) is 10.3. The van der Waals surface area contributed by atoms with Crippen molar-refractivity contribution < 1.29 is 18.3 Å². The Labute approximate surface area is 185 Å². The van der Waals surface area contributed by atoms with Gasteiger partial charge in [-0.2, -0.15) is 4.39 Å². The highest BCUT2D eigenvalue weighted by molar-refractivity contribution is 6.25. The van der Waals surface area contributed by atoms with Crippen LogP contribution < -0.4 is 10.1 Å². The third-order valence-corrected chi connectivity index (χ3v) is 5.47. The molecule has 0 unspecified atom stereocenters. The van der Waals surface area contributed by atoms with E-state index in [1.165, 1.54) is 19.2 Å². The van der Waals surface area contributed by atoms with Gasteiger partial charge in [-0.05, 0) is 48.7 Å². The average molecular weight is 432 g/mol. The van der Waals surface area contributed by atoms with Crippen LogP contribution in [0.3, 0.4) is 0 Å². The maximum Gasteiger partial charge on any atom is 0.201 e. The van der Waals surface area contributed by atoms with E-state index >= 15 is 0 Å². The van der Waals surface area contributed by atoms with Crippen molar-refractivity contribution in [2.24, 2.45) is 4.99 Å². The van der Waals surface area contributed by atoms with Crippen LogP contribution in [-0.2, 0) is 6.42 Å². The van der Waals surface area contributed by atoms with E-state index < -0.39 is 11.6 Å². The molecule has 1 N–H and O–H groups in total. The minimum absolute atomic E-state index is 0.116. The zero-order chi connectivity index (χ0) is 22.7. The van der Waals surface area contributed by atoms with Gasteiger partial charge in [0.05, 0.1) is 18.5 Å². The first-order valence-corrected chi connectivity index (χ1v) is 10.3. The second kappa shape index (κ2) is 9.14. The Balaban J connectivity index is 1.68. The van der Waals surface area contributed by atoms with E-state index in [0.29, 0.717) is 28.8 Å². The number of aryl methyl sites for hydroxylation is 1. The number of methoxy groups -OCH3 is 1. The minimum Gasteiger partial charge on any atom is -0.494 e. The van der Waals surface area contributed by atoms with Crippen molar-refractivity contribution in [3.63, 3.8) is 0 Å². The van der Waals surface area contributed by atoms with Crippen molar-refractivity contribution in [3.05, 3.63) is 100 Å². The van der Waals surface area contributed by atoms with Crippen LogP contribution in [0.2, 0.25) is 0 Å². The van der Waals surface area contributed by atoms with Crippen molar-refractivity contribution >= 4 is 23.3 Å². The highest BCUT2D eigenvalue weighted by Crippen LogP contribution is 2.36. The number of anilines is 1. The molecular weight excluding hydrogens is 410 g/mol. The topological polar surface area (TPSA) is 50.7 Å². The second-order valence-corrected chi connectivity index (χ2v) is 7.34. The SMILES string of the molecule is CCc1cc(N/C2=C\C/C=C\C=C3\C(c4ccc(OC)c(F)c4F)=CN=C23)ccc1C=O. The first-order chi connectivity index (χ1) is 15.6. The normalized spacial score (nSPS) is 19.2. The summed E-state index contributed by atoms with van der Waals surface area (Å²) < 4.78 is 34.0. The number of aliphatic imine (C=N–C) groups is 1. The smallest absolute Gasteiger partial charge is 0.201 e. The molecule has 0 radical (unpaired) electrons. The van der Waals surface area contributed by atoms with Crippen LogP contribution in [0.4, 0.5) is 14.5 Å². The predicted octanol–water partition coefficient (Wildman–Crippen LogP) is 6.03. The van der Waals surface area contributed by atoms with E-state index in [1.54, 1.807) is 12.3 Å². The molecule has 2 aliphatic rings. The number of nitrogens with one attached hydrogen (secondary N) is 1. The molecule has 0 amide bonds. The molecular formula is C26H22F2N2O2. The Kier molecular flexibility index (Phi) is 6.12. The predicted molar refractivity (Wildman–Crippen MR) is 123 cm³/mol. The van der Waals surface area contributed by atoms with Gasteiger partial charge in [0.25, 0.3) is 0 Å². The van der Waals surface area contributed by atoms with Gasteiger partial charge < -0.3 is 10.1 Å². The Morgan fingerprint density at radius 2 is 2.00 bits per heavy atom. The quantitative estimate of drug-likeness (QED) is 0.568. The average Bonchev–Trinajstić information content (AvgIpc) is 3.20. The molecule has 0 spiro atoms. The molecule has 0 fully saturated rings. The number of fused-ring (bicyclic) bond motifs is 1. The molecule has 4 nitrogen and oxygen atoms in total. The van der Waals surface area contributed by atoms with E-state index in [2.05, 4.69) is 10.3 Å². The van der Waals surface area contributed by atoms with Crippen molar-refractivity contribution in [2.75, 3.05) is 12.4 Å².